The maximum Gasteiger partial charge on any atom is 0.145 e. The van der Waals surface area contributed by atoms with E-state index in [0.717, 1.165) is 40.8 Å². The average molecular weight is 299 g/mol. The third kappa shape index (κ3) is 2.00. The normalized spacial score (nSPS) is 14.8. The zero-order chi connectivity index (χ0) is 14.6. The van der Waals surface area contributed by atoms with Gasteiger partial charge in [0.1, 0.15) is 11.6 Å². The SMILES string of the molecule is Cc1cccc(-c2nc3ccc(Cl)cc3n2C2CC2)c1O. The van der Waals surface area contributed by atoms with Crippen LogP contribution in [0.4, 0.5) is 0 Å². The predicted octanol–water partition coefficient (Wildman–Crippen LogP) is 4.71. The van der Waals surface area contributed by atoms with Crippen molar-refractivity contribution in [1.82, 2.24) is 9.55 Å². The summed E-state index contributed by atoms with van der Waals surface area (Å²) in [5.74, 6) is 1.14. The first kappa shape index (κ1) is 12.7. The molecule has 3 nitrogen and oxygen atoms in total. The van der Waals surface area contributed by atoms with E-state index < -0.39 is 0 Å². The number of rotatable bonds is 2. The zero-order valence-electron chi connectivity index (χ0n) is 11.7. The van der Waals surface area contributed by atoms with Gasteiger partial charge in [-0.2, -0.15) is 0 Å². The first-order chi connectivity index (χ1) is 10.1. The molecule has 1 heterocycles. The van der Waals surface area contributed by atoms with Gasteiger partial charge >= 0.3 is 0 Å². The first-order valence-electron chi connectivity index (χ1n) is 7.11. The van der Waals surface area contributed by atoms with Crippen LogP contribution in [0.15, 0.2) is 36.4 Å². The summed E-state index contributed by atoms with van der Waals surface area (Å²) in [5.41, 5.74) is 3.61. The highest BCUT2D eigenvalue weighted by molar-refractivity contribution is 6.31. The summed E-state index contributed by atoms with van der Waals surface area (Å²) in [6.45, 7) is 1.90. The molecule has 1 aromatic heterocycles. The van der Waals surface area contributed by atoms with Crippen molar-refractivity contribution in [2.24, 2.45) is 0 Å². The number of aromatic hydroxyl groups is 1. The van der Waals surface area contributed by atoms with Gasteiger partial charge < -0.3 is 9.67 Å². The van der Waals surface area contributed by atoms with Gasteiger partial charge in [-0.1, -0.05) is 23.7 Å². The molecule has 1 N–H and O–H groups in total. The molecule has 4 heteroatoms. The Morgan fingerprint density at radius 2 is 2.05 bits per heavy atom. The van der Waals surface area contributed by atoms with Gasteiger partial charge in [-0.3, -0.25) is 0 Å². The summed E-state index contributed by atoms with van der Waals surface area (Å²) in [7, 11) is 0. The maximum atomic E-state index is 10.4. The molecule has 0 atom stereocenters. The number of phenolic OH excluding ortho intramolecular Hbond substituents is 1. The number of aryl methyl sites for hydroxylation is 1. The fourth-order valence-corrected chi connectivity index (χ4v) is 2.96. The number of fused-ring (bicyclic) bond motifs is 1. The van der Waals surface area contributed by atoms with Crippen molar-refractivity contribution in [2.75, 3.05) is 0 Å². The molecule has 0 unspecified atom stereocenters. The largest absolute Gasteiger partial charge is 0.507 e. The first-order valence-corrected chi connectivity index (χ1v) is 7.49. The lowest BCUT2D eigenvalue weighted by atomic mass is 10.1. The molecule has 1 fully saturated rings. The van der Waals surface area contributed by atoms with Crippen LogP contribution in [0.3, 0.4) is 0 Å². The highest BCUT2D eigenvalue weighted by atomic mass is 35.5. The van der Waals surface area contributed by atoms with Crippen LogP contribution in [-0.4, -0.2) is 14.7 Å². The maximum absolute atomic E-state index is 10.4. The summed E-state index contributed by atoms with van der Waals surface area (Å²) in [6, 6.07) is 12.0. The predicted molar refractivity (Wildman–Crippen MR) is 84.9 cm³/mol. The van der Waals surface area contributed by atoms with E-state index in [1.807, 2.05) is 43.3 Å². The van der Waals surface area contributed by atoms with E-state index in [1.54, 1.807) is 0 Å². The van der Waals surface area contributed by atoms with Crippen molar-refractivity contribution in [1.29, 1.82) is 0 Å². The number of imidazole rings is 1. The minimum Gasteiger partial charge on any atom is -0.507 e. The Labute approximate surface area is 127 Å². The number of hydrogen-bond acceptors (Lipinski definition) is 2. The van der Waals surface area contributed by atoms with Gasteiger partial charge in [-0.05, 0) is 49.6 Å². The molecule has 1 aliphatic carbocycles. The number of nitrogens with zero attached hydrogens (tertiary/aromatic N) is 2. The third-order valence-electron chi connectivity index (χ3n) is 4.04. The van der Waals surface area contributed by atoms with E-state index >= 15 is 0 Å². The van der Waals surface area contributed by atoms with Crippen molar-refractivity contribution in [3.05, 3.63) is 47.0 Å². The summed E-state index contributed by atoms with van der Waals surface area (Å²) in [6.07, 6.45) is 2.30. The highest BCUT2D eigenvalue weighted by Gasteiger charge is 2.29. The van der Waals surface area contributed by atoms with E-state index in [1.165, 1.54) is 0 Å². The second-order valence-electron chi connectivity index (χ2n) is 5.64. The van der Waals surface area contributed by atoms with Crippen LogP contribution in [0, 0.1) is 6.92 Å². The van der Waals surface area contributed by atoms with E-state index in [0.29, 0.717) is 16.8 Å². The van der Waals surface area contributed by atoms with Crippen molar-refractivity contribution in [3.63, 3.8) is 0 Å². The molecule has 0 aliphatic heterocycles. The summed E-state index contributed by atoms with van der Waals surface area (Å²) >= 11 is 6.14. The molecule has 0 bridgehead atoms. The van der Waals surface area contributed by atoms with Crippen LogP contribution in [0.25, 0.3) is 22.4 Å². The number of phenols is 1. The van der Waals surface area contributed by atoms with Crippen LogP contribution in [-0.2, 0) is 0 Å². The minimum atomic E-state index is 0.306. The topological polar surface area (TPSA) is 38.0 Å². The molecular weight excluding hydrogens is 284 g/mol. The second kappa shape index (κ2) is 4.50. The third-order valence-corrected chi connectivity index (χ3v) is 4.28. The molecule has 0 saturated heterocycles. The Bertz CT molecular complexity index is 849. The fourth-order valence-electron chi connectivity index (χ4n) is 2.80. The Kier molecular flexibility index (Phi) is 2.73. The standard InChI is InChI=1S/C17H15ClN2O/c1-10-3-2-4-13(16(10)21)17-19-14-8-5-11(18)9-15(14)20(17)12-6-7-12/h2-5,8-9,12,21H,6-7H2,1H3. The molecule has 4 rings (SSSR count). The summed E-state index contributed by atoms with van der Waals surface area (Å²) in [5, 5.41) is 11.1. The number of benzene rings is 2. The number of para-hydroxylation sites is 1. The van der Waals surface area contributed by atoms with Gasteiger partial charge in [0.2, 0.25) is 0 Å². The Morgan fingerprint density at radius 1 is 1.24 bits per heavy atom. The van der Waals surface area contributed by atoms with E-state index in [-0.39, 0.29) is 0 Å². The van der Waals surface area contributed by atoms with Crippen LogP contribution < -0.4 is 0 Å². The molecule has 3 aromatic rings. The lowest BCUT2D eigenvalue weighted by Gasteiger charge is -2.10. The van der Waals surface area contributed by atoms with Gasteiger partial charge in [0, 0.05) is 11.1 Å². The van der Waals surface area contributed by atoms with Crippen molar-refractivity contribution < 1.29 is 5.11 Å². The smallest absolute Gasteiger partial charge is 0.145 e. The van der Waals surface area contributed by atoms with Crippen molar-refractivity contribution in [2.45, 2.75) is 25.8 Å². The molecular formula is C17H15ClN2O. The molecule has 0 radical (unpaired) electrons. The average Bonchev–Trinajstić information content (AvgIpc) is 3.23. The van der Waals surface area contributed by atoms with Gasteiger partial charge in [-0.25, -0.2) is 4.98 Å². The molecule has 106 valence electrons. The second-order valence-corrected chi connectivity index (χ2v) is 6.08. The van der Waals surface area contributed by atoms with Crippen LogP contribution in [0.1, 0.15) is 24.4 Å². The van der Waals surface area contributed by atoms with Crippen LogP contribution >= 0.6 is 11.6 Å². The summed E-state index contributed by atoms with van der Waals surface area (Å²) in [4.78, 5) is 4.73. The molecule has 1 saturated carbocycles. The zero-order valence-corrected chi connectivity index (χ0v) is 12.4. The van der Waals surface area contributed by atoms with Gasteiger partial charge in [-0.15, -0.1) is 0 Å². The molecule has 0 spiro atoms. The highest BCUT2D eigenvalue weighted by Crippen LogP contribution is 2.43. The molecule has 2 aromatic carbocycles. The lowest BCUT2D eigenvalue weighted by molar-refractivity contribution is 0.472. The van der Waals surface area contributed by atoms with Crippen molar-refractivity contribution >= 4 is 22.6 Å². The Hall–Kier alpha value is -2.00. The Morgan fingerprint density at radius 3 is 2.81 bits per heavy atom. The van der Waals surface area contributed by atoms with Gasteiger partial charge in [0.15, 0.2) is 0 Å². The van der Waals surface area contributed by atoms with Gasteiger partial charge in [0.25, 0.3) is 0 Å². The number of halogens is 1. The van der Waals surface area contributed by atoms with Gasteiger partial charge in [0.05, 0.1) is 16.6 Å². The number of hydrogen-bond donors (Lipinski definition) is 1. The monoisotopic (exact) mass is 298 g/mol. The quantitative estimate of drug-likeness (QED) is 0.744. The van der Waals surface area contributed by atoms with E-state index in [2.05, 4.69) is 4.57 Å². The van der Waals surface area contributed by atoms with E-state index in [4.69, 9.17) is 16.6 Å². The van der Waals surface area contributed by atoms with Crippen molar-refractivity contribution in [3.8, 4) is 17.1 Å². The lowest BCUT2D eigenvalue weighted by Crippen LogP contribution is -1.98. The van der Waals surface area contributed by atoms with E-state index in [9.17, 15) is 5.11 Å². The van der Waals surface area contributed by atoms with Crippen LogP contribution in [0.5, 0.6) is 5.75 Å². The fraction of sp³-hybridized carbons (Fsp3) is 0.235. The summed E-state index contributed by atoms with van der Waals surface area (Å²) < 4.78 is 2.22. The Balaban J connectivity index is 2.04. The van der Waals surface area contributed by atoms with Crippen LogP contribution in [0.2, 0.25) is 5.02 Å². The number of aromatic nitrogens is 2. The molecule has 21 heavy (non-hydrogen) atoms. The minimum absolute atomic E-state index is 0.306. The molecule has 1 aliphatic rings. The molecule has 0 amide bonds.